The number of halogens is 1. The number of rotatable bonds is 6. The van der Waals surface area contributed by atoms with Crippen LogP contribution < -0.4 is 0 Å². The molecule has 0 aliphatic heterocycles. The highest BCUT2D eigenvalue weighted by Crippen LogP contribution is 2.25. The Hall–Kier alpha value is -0.990. The van der Waals surface area contributed by atoms with Crippen LogP contribution in [0, 0.1) is 11.3 Å². The van der Waals surface area contributed by atoms with Crippen molar-refractivity contribution in [1.82, 2.24) is 0 Å². The number of carbonyl (C=O) groups is 1. The molecule has 5 heteroatoms. The average Bonchev–Trinajstić information content (AvgIpc) is 2.30. The van der Waals surface area contributed by atoms with Crippen molar-refractivity contribution in [3.8, 4) is 6.07 Å². The third-order valence-electron chi connectivity index (χ3n) is 2.12. The number of nitriles is 1. The van der Waals surface area contributed by atoms with Crippen LogP contribution in [0.5, 0.6) is 0 Å². The van der Waals surface area contributed by atoms with Gasteiger partial charge in [-0.05, 0) is 52.7 Å². The van der Waals surface area contributed by atoms with Crippen LogP contribution in [-0.4, -0.2) is 16.8 Å². The van der Waals surface area contributed by atoms with E-state index in [2.05, 4.69) is 22.0 Å². The molecule has 90 valence electrons. The summed E-state index contributed by atoms with van der Waals surface area (Å²) in [7, 11) is 0. The normalized spacial score (nSPS) is 9.88. The van der Waals surface area contributed by atoms with Crippen molar-refractivity contribution in [3.05, 3.63) is 28.2 Å². The highest BCUT2D eigenvalue weighted by atomic mass is 79.9. The Morgan fingerprint density at radius 1 is 1.47 bits per heavy atom. The van der Waals surface area contributed by atoms with E-state index in [9.17, 15) is 4.79 Å². The van der Waals surface area contributed by atoms with Crippen molar-refractivity contribution < 1.29 is 9.90 Å². The number of hydrogen-bond acceptors (Lipinski definition) is 3. The number of benzene rings is 1. The van der Waals surface area contributed by atoms with Gasteiger partial charge in [-0.3, -0.25) is 0 Å². The van der Waals surface area contributed by atoms with Gasteiger partial charge in [0, 0.05) is 15.8 Å². The summed E-state index contributed by atoms with van der Waals surface area (Å²) in [5, 5.41) is 17.3. The van der Waals surface area contributed by atoms with Crippen molar-refractivity contribution >= 4 is 33.7 Å². The Balaban J connectivity index is 2.52. The topological polar surface area (TPSA) is 61.1 Å². The zero-order valence-electron chi connectivity index (χ0n) is 9.15. The summed E-state index contributed by atoms with van der Waals surface area (Å²) in [6.07, 6.45) is 2.45. The molecular formula is C12H12BrNO2S. The molecule has 0 amide bonds. The molecule has 3 nitrogen and oxygen atoms in total. The summed E-state index contributed by atoms with van der Waals surface area (Å²) >= 11 is 4.82. The number of carboxylic acid groups (broad SMARTS) is 1. The first kappa shape index (κ1) is 14.1. The van der Waals surface area contributed by atoms with Gasteiger partial charge in [0.1, 0.15) is 0 Å². The van der Waals surface area contributed by atoms with Gasteiger partial charge in [-0.1, -0.05) is 0 Å². The third kappa shape index (κ3) is 4.80. The third-order valence-corrected chi connectivity index (χ3v) is 3.89. The van der Waals surface area contributed by atoms with Crippen LogP contribution in [-0.2, 0) is 0 Å². The molecule has 0 aliphatic rings. The number of nitrogens with zero attached hydrogens (tertiary/aromatic N) is 1. The standard InChI is InChI=1S/C12H12BrNO2S/c13-11-5-4-9(8-10(11)12(15)16)17-7-3-1-2-6-14/h4-5,8H,1-3,7H2,(H,15,16). The van der Waals surface area contributed by atoms with E-state index in [-0.39, 0.29) is 5.56 Å². The fourth-order valence-electron chi connectivity index (χ4n) is 1.25. The molecule has 0 radical (unpaired) electrons. The van der Waals surface area contributed by atoms with Gasteiger partial charge >= 0.3 is 5.97 Å². The molecule has 0 atom stereocenters. The van der Waals surface area contributed by atoms with E-state index < -0.39 is 5.97 Å². The first-order valence-corrected chi connectivity index (χ1v) is 6.95. The largest absolute Gasteiger partial charge is 0.478 e. The minimum atomic E-state index is -0.927. The highest BCUT2D eigenvalue weighted by molar-refractivity contribution is 9.10. The lowest BCUT2D eigenvalue weighted by Gasteiger charge is -2.04. The lowest BCUT2D eigenvalue weighted by Crippen LogP contribution is -1.97. The van der Waals surface area contributed by atoms with E-state index >= 15 is 0 Å². The van der Waals surface area contributed by atoms with Gasteiger partial charge in [-0.15, -0.1) is 11.8 Å². The Bertz CT molecular complexity index is 443. The number of carboxylic acids is 1. The number of hydrogen-bond donors (Lipinski definition) is 1. The van der Waals surface area contributed by atoms with Gasteiger partial charge in [0.2, 0.25) is 0 Å². The molecule has 0 heterocycles. The Morgan fingerprint density at radius 2 is 2.24 bits per heavy atom. The van der Waals surface area contributed by atoms with Crippen LogP contribution in [0.1, 0.15) is 29.6 Å². The maximum Gasteiger partial charge on any atom is 0.336 e. The van der Waals surface area contributed by atoms with Crippen LogP contribution in [0.3, 0.4) is 0 Å². The summed E-state index contributed by atoms with van der Waals surface area (Å²) in [6.45, 7) is 0. The SMILES string of the molecule is N#CCCCCSc1ccc(Br)c(C(=O)O)c1. The molecule has 1 rings (SSSR count). The van der Waals surface area contributed by atoms with Crippen LogP contribution >= 0.6 is 27.7 Å². The molecule has 17 heavy (non-hydrogen) atoms. The second kappa shape index (κ2) is 7.36. The first-order chi connectivity index (χ1) is 8.15. The average molecular weight is 314 g/mol. The minimum absolute atomic E-state index is 0.284. The number of unbranched alkanes of at least 4 members (excludes halogenated alkanes) is 2. The molecule has 0 fully saturated rings. The molecule has 1 N–H and O–H groups in total. The first-order valence-electron chi connectivity index (χ1n) is 5.17. The van der Waals surface area contributed by atoms with Crippen molar-refractivity contribution in [3.63, 3.8) is 0 Å². The van der Waals surface area contributed by atoms with Crippen molar-refractivity contribution in [2.24, 2.45) is 0 Å². The summed E-state index contributed by atoms with van der Waals surface area (Å²) in [4.78, 5) is 11.9. The molecule has 1 aromatic carbocycles. The number of thioether (sulfide) groups is 1. The van der Waals surface area contributed by atoms with Gasteiger partial charge in [-0.2, -0.15) is 5.26 Å². The maximum atomic E-state index is 10.9. The second-order valence-corrected chi connectivity index (χ2v) is 5.43. The van der Waals surface area contributed by atoms with E-state index in [1.54, 1.807) is 23.9 Å². The van der Waals surface area contributed by atoms with Gasteiger partial charge in [0.15, 0.2) is 0 Å². The second-order valence-electron chi connectivity index (χ2n) is 3.41. The van der Waals surface area contributed by atoms with Crippen LogP contribution in [0.25, 0.3) is 0 Å². The van der Waals surface area contributed by atoms with Gasteiger partial charge in [-0.25, -0.2) is 4.79 Å². The van der Waals surface area contributed by atoms with E-state index in [0.29, 0.717) is 10.9 Å². The molecule has 0 aromatic heterocycles. The molecular weight excluding hydrogens is 302 g/mol. The van der Waals surface area contributed by atoms with Crippen molar-refractivity contribution in [1.29, 1.82) is 5.26 Å². The summed E-state index contributed by atoms with van der Waals surface area (Å²) in [5.74, 6) is -0.0219. The zero-order chi connectivity index (χ0) is 12.7. The zero-order valence-corrected chi connectivity index (χ0v) is 11.6. The fraction of sp³-hybridized carbons (Fsp3) is 0.333. The van der Waals surface area contributed by atoms with E-state index in [0.717, 1.165) is 23.5 Å². The summed E-state index contributed by atoms with van der Waals surface area (Å²) < 4.78 is 0.596. The van der Waals surface area contributed by atoms with Crippen LogP contribution in [0.2, 0.25) is 0 Å². The molecule has 1 aromatic rings. The molecule has 0 saturated heterocycles. The van der Waals surface area contributed by atoms with Crippen molar-refractivity contribution in [2.75, 3.05) is 5.75 Å². The predicted molar refractivity (Wildman–Crippen MR) is 71.3 cm³/mol. The van der Waals surface area contributed by atoms with Gasteiger partial charge in [0.25, 0.3) is 0 Å². The quantitative estimate of drug-likeness (QED) is 0.638. The number of aromatic carboxylic acids is 1. The summed E-state index contributed by atoms with van der Waals surface area (Å²) in [6, 6.07) is 7.42. The van der Waals surface area contributed by atoms with E-state index in [1.165, 1.54) is 0 Å². The Morgan fingerprint density at radius 3 is 2.88 bits per heavy atom. The predicted octanol–water partition coefficient (Wildman–Crippen LogP) is 3.93. The molecule has 0 spiro atoms. The van der Waals surface area contributed by atoms with Gasteiger partial charge in [0.05, 0.1) is 11.6 Å². The molecule has 0 unspecified atom stereocenters. The molecule has 0 aliphatic carbocycles. The van der Waals surface area contributed by atoms with Crippen LogP contribution in [0.4, 0.5) is 0 Å². The highest BCUT2D eigenvalue weighted by Gasteiger charge is 2.08. The van der Waals surface area contributed by atoms with Gasteiger partial charge < -0.3 is 5.11 Å². The lowest BCUT2D eigenvalue weighted by molar-refractivity contribution is 0.0695. The molecule has 0 saturated carbocycles. The lowest BCUT2D eigenvalue weighted by atomic mass is 10.2. The minimum Gasteiger partial charge on any atom is -0.478 e. The van der Waals surface area contributed by atoms with Crippen molar-refractivity contribution in [2.45, 2.75) is 24.2 Å². The molecule has 0 bridgehead atoms. The Kier molecular flexibility index (Phi) is 6.09. The summed E-state index contributed by atoms with van der Waals surface area (Å²) in [5.41, 5.74) is 0.284. The monoisotopic (exact) mass is 313 g/mol. The maximum absolute atomic E-state index is 10.9. The van der Waals surface area contributed by atoms with E-state index in [1.807, 2.05) is 6.07 Å². The van der Waals surface area contributed by atoms with Crippen LogP contribution in [0.15, 0.2) is 27.6 Å². The van der Waals surface area contributed by atoms with E-state index in [4.69, 9.17) is 10.4 Å². The smallest absolute Gasteiger partial charge is 0.336 e. The fourth-order valence-corrected chi connectivity index (χ4v) is 2.62. The Labute approximate surface area is 113 Å².